The summed E-state index contributed by atoms with van der Waals surface area (Å²) in [5.74, 6) is 0.444. The fraction of sp³-hybridized carbons (Fsp3) is 0.304. The molecule has 0 aliphatic rings. The number of aromatic nitrogens is 1. The molecule has 0 spiro atoms. The van der Waals surface area contributed by atoms with Gasteiger partial charge in [-0.05, 0) is 42.3 Å². The number of aliphatic hydroxyl groups is 2. The number of rotatable bonds is 8. The maximum atomic E-state index is 13.2. The molecule has 1 aromatic heterocycles. The van der Waals surface area contributed by atoms with Crippen LogP contribution in [0.2, 0.25) is 0 Å². The number of carbonyl (C=O) groups excluding carboxylic acids is 1. The van der Waals surface area contributed by atoms with Crippen LogP contribution in [0.15, 0.2) is 53.5 Å². The lowest BCUT2D eigenvalue weighted by Crippen LogP contribution is -2.38. The summed E-state index contributed by atoms with van der Waals surface area (Å²) in [6, 6.07) is 12.7. The molecular weight excluding hydrogens is 384 g/mol. The van der Waals surface area contributed by atoms with Gasteiger partial charge in [0, 0.05) is 30.2 Å². The Bertz CT molecular complexity index is 1080. The van der Waals surface area contributed by atoms with Gasteiger partial charge >= 0.3 is 0 Å². The van der Waals surface area contributed by atoms with Gasteiger partial charge in [-0.2, -0.15) is 0 Å². The maximum absolute atomic E-state index is 13.2. The molecule has 0 aliphatic carbocycles. The fourth-order valence-electron chi connectivity index (χ4n) is 3.46. The molecule has 0 atom stereocenters. The number of pyridine rings is 1. The van der Waals surface area contributed by atoms with Crippen molar-refractivity contribution >= 4 is 16.8 Å². The molecule has 0 radical (unpaired) electrons. The molecule has 3 aromatic rings. The summed E-state index contributed by atoms with van der Waals surface area (Å²) < 4.78 is 6.95. The molecule has 0 aliphatic heterocycles. The van der Waals surface area contributed by atoms with E-state index < -0.39 is 0 Å². The van der Waals surface area contributed by atoms with Crippen LogP contribution in [0.5, 0.6) is 5.75 Å². The van der Waals surface area contributed by atoms with Crippen LogP contribution in [-0.2, 0) is 11.3 Å². The third kappa shape index (κ3) is 4.53. The van der Waals surface area contributed by atoms with Gasteiger partial charge in [-0.15, -0.1) is 0 Å². The van der Waals surface area contributed by atoms with Crippen molar-refractivity contribution in [1.29, 1.82) is 0 Å². The Balaban J connectivity index is 2.11. The van der Waals surface area contributed by atoms with Gasteiger partial charge in [0.1, 0.15) is 12.3 Å². The van der Waals surface area contributed by atoms with Gasteiger partial charge in [0.05, 0.1) is 25.8 Å². The van der Waals surface area contributed by atoms with E-state index in [1.807, 2.05) is 31.2 Å². The van der Waals surface area contributed by atoms with Gasteiger partial charge in [-0.25, -0.2) is 0 Å². The SMILES string of the molecule is COc1ccc(-c2cn(CC(=O)N(CCO)CCO)c3cc(C)ccc3c2=O)cc1. The fourth-order valence-corrected chi connectivity index (χ4v) is 3.46. The highest BCUT2D eigenvalue weighted by molar-refractivity contribution is 5.86. The smallest absolute Gasteiger partial charge is 0.242 e. The quantitative estimate of drug-likeness (QED) is 0.591. The van der Waals surface area contributed by atoms with Gasteiger partial charge in [-0.3, -0.25) is 9.59 Å². The van der Waals surface area contributed by atoms with E-state index >= 15 is 0 Å². The number of aryl methyl sites for hydroxylation is 1. The molecule has 0 unspecified atom stereocenters. The molecule has 158 valence electrons. The van der Waals surface area contributed by atoms with Crippen LogP contribution < -0.4 is 10.2 Å². The molecule has 0 fully saturated rings. The molecule has 2 N–H and O–H groups in total. The van der Waals surface area contributed by atoms with Crippen LogP contribution in [0.25, 0.3) is 22.0 Å². The minimum absolute atomic E-state index is 0.0105. The van der Waals surface area contributed by atoms with Crippen molar-refractivity contribution in [2.24, 2.45) is 0 Å². The number of hydrogen-bond acceptors (Lipinski definition) is 5. The van der Waals surface area contributed by atoms with E-state index in [0.717, 1.165) is 11.1 Å². The number of amides is 1. The number of benzene rings is 2. The first-order chi connectivity index (χ1) is 14.5. The number of fused-ring (bicyclic) bond motifs is 1. The van der Waals surface area contributed by atoms with Gasteiger partial charge < -0.3 is 24.4 Å². The predicted octanol–water partition coefficient (Wildman–Crippen LogP) is 1.80. The van der Waals surface area contributed by atoms with Crippen LogP contribution in [0, 0.1) is 6.92 Å². The molecule has 7 nitrogen and oxygen atoms in total. The van der Waals surface area contributed by atoms with E-state index in [4.69, 9.17) is 4.74 Å². The molecule has 2 aromatic carbocycles. The standard InChI is InChI=1S/C23H26N2O5/c1-16-3-8-19-21(13-16)25(15-22(28)24(9-11-26)10-12-27)14-20(23(19)29)17-4-6-18(30-2)7-5-17/h3-8,13-14,26-27H,9-12,15H2,1-2H3. The van der Waals surface area contributed by atoms with Crippen molar-refractivity contribution in [3.63, 3.8) is 0 Å². The number of aliphatic hydroxyl groups excluding tert-OH is 2. The van der Waals surface area contributed by atoms with E-state index in [2.05, 4.69) is 0 Å². The molecule has 1 heterocycles. The molecule has 0 bridgehead atoms. The Morgan fingerprint density at radius 2 is 1.73 bits per heavy atom. The average Bonchev–Trinajstić information content (AvgIpc) is 2.75. The third-order valence-corrected chi connectivity index (χ3v) is 5.04. The van der Waals surface area contributed by atoms with Crippen molar-refractivity contribution < 1.29 is 19.7 Å². The first kappa shape index (κ1) is 21.5. The topological polar surface area (TPSA) is 92.0 Å². The Morgan fingerprint density at radius 3 is 2.33 bits per heavy atom. The second kappa shape index (κ2) is 9.56. The number of ether oxygens (including phenoxy) is 1. The summed E-state index contributed by atoms with van der Waals surface area (Å²) in [6.07, 6.45) is 1.69. The zero-order valence-corrected chi connectivity index (χ0v) is 17.2. The van der Waals surface area contributed by atoms with E-state index in [1.165, 1.54) is 4.90 Å². The predicted molar refractivity (Wildman–Crippen MR) is 116 cm³/mol. The highest BCUT2D eigenvalue weighted by atomic mass is 16.5. The van der Waals surface area contributed by atoms with Crippen molar-refractivity contribution in [3.8, 4) is 16.9 Å². The second-order valence-electron chi connectivity index (χ2n) is 7.08. The Labute approximate surface area is 174 Å². The maximum Gasteiger partial charge on any atom is 0.242 e. The first-order valence-corrected chi connectivity index (χ1v) is 9.76. The number of hydrogen-bond donors (Lipinski definition) is 2. The monoisotopic (exact) mass is 410 g/mol. The van der Waals surface area contributed by atoms with Crippen LogP contribution in [0.3, 0.4) is 0 Å². The van der Waals surface area contributed by atoms with Crippen molar-refractivity contribution in [2.75, 3.05) is 33.4 Å². The Hall–Kier alpha value is -3.16. The highest BCUT2D eigenvalue weighted by Gasteiger charge is 2.17. The largest absolute Gasteiger partial charge is 0.497 e. The molecule has 0 saturated heterocycles. The van der Waals surface area contributed by atoms with Crippen LogP contribution in [-0.4, -0.2) is 59.0 Å². The molecule has 30 heavy (non-hydrogen) atoms. The van der Waals surface area contributed by atoms with Crippen molar-refractivity contribution in [2.45, 2.75) is 13.5 Å². The van der Waals surface area contributed by atoms with E-state index in [1.54, 1.807) is 36.1 Å². The summed E-state index contributed by atoms with van der Waals surface area (Å²) in [5, 5.41) is 19.0. The van der Waals surface area contributed by atoms with E-state index in [0.29, 0.717) is 22.2 Å². The van der Waals surface area contributed by atoms with Gasteiger partial charge in [0.15, 0.2) is 5.43 Å². The lowest BCUT2D eigenvalue weighted by Gasteiger charge is -2.22. The second-order valence-corrected chi connectivity index (χ2v) is 7.08. The van der Waals surface area contributed by atoms with Gasteiger partial charge in [-0.1, -0.05) is 18.2 Å². The molecular formula is C23H26N2O5. The first-order valence-electron chi connectivity index (χ1n) is 9.76. The normalized spacial score (nSPS) is 10.9. The number of nitrogens with zero attached hydrogens (tertiary/aromatic N) is 2. The number of carbonyl (C=O) groups is 1. The zero-order chi connectivity index (χ0) is 21.7. The lowest BCUT2D eigenvalue weighted by atomic mass is 10.0. The summed E-state index contributed by atoms with van der Waals surface area (Å²) in [6.45, 7) is 1.82. The van der Waals surface area contributed by atoms with E-state index in [-0.39, 0.29) is 44.2 Å². The Kier molecular flexibility index (Phi) is 6.87. The van der Waals surface area contributed by atoms with E-state index in [9.17, 15) is 19.8 Å². The summed E-state index contributed by atoms with van der Waals surface area (Å²) >= 11 is 0. The zero-order valence-electron chi connectivity index (χ0n) is 17.2. The minimum atomic E-state index is -0.245. The van der Waals surface area contributed by atoms with Gasteiger partial charge in [0.2, 0.25) is 5.91 Å². The lowest BCUT2D eigenvalue weighted by molar-refractivity contribution is -0.132. The molecule has 1 amide bonds. The minimum Gasteiger partial charge on any atom is -0.497 e. The van der Waals surface area contributed by atoms with Gasteiger partial charge in [0.25, 0.3) is 0 Å². The van der Waals surface area contributed by atoms with Crippen LogP contribution in [0.4, 0.5) is 0 Å². The average molecular weight is 410 g/mol. The molecule has 3 rings (SSSR count). The summed E-state index contributed by atoms with van der Waals surface area (Å²) in [4.78, 5) is 27.4. The summed E-state index contributed by atoms with van der Waals surface area (Å²) in [7, 11) is 1.58. The van der Waals surface area contributed by atoms with Crippen molar-refractivity contribution in [3.05, 3.63) is 64.4 Å². The molecule has 0 saturated carbocycles. The summed E-state index contributed by atoms with van der Waals surface area (Å²) in [5.41, 5.74) is 2.74. The third-order valence-electron chi connectivity index (χ3n) is 5.04. The van der Waals surface area contributed by atoms with Crippen LogP contribution in [0.1, 0.15) is 5.56 Å². The number of methoxy groups -OCH3 is 1. The van der Waals surface area contributed by atoms with Crippen LogP contribution >= 0.6 is 0 Å². The molecule has 7 heteroatoms. The van der Waals surface area contributed by atoms with Crippen molar-refractivity contribution in [1.82, 2.24) is 9.47 Å². The Morgan fingerprint density at radius 1 is 1.07 bits per heavy atom. The highest BCUT2D eigenvalue weighted by Crippen LogP contribution is 2.23.